The second-order valence-corrected chi connectivity index (χ2v) is 8.83. The zero-order valence-electron chi connectivity index (χ0n) is 21.3. The van der Waals surface area contributed by atoms with Gasteiger partial charge in [-0.15, -0.1) is 0 Å². The number of rotatable bonds is 14. The summed E-state index contributed by atoms with van der Waals surface area (Å²) in [6, 6.07) is 9.93. The number of carbonyl (C=O) groups is 4. The minimum atomic E-state index is -1.61. The van der Waals surface area contributed by atoms with Crippen molar-refractivity contribution in [1.82, 2.24) is 21.1 Å². The zero-order chi connectivity index (χ0) is 28.4. The van der Waals surface area contributed by atoms with Crippen LogP contribution in [0.5, 0.6) is 5.75 Å². The highest BCUT2D eigenvalue weighted by molar-refractivity contribution is 5.92. The fraction of sp³-hybridized carbons (Fsp3) is 0.296. The number of aryl methyl sites for hydroxylation is 2. The molecule has 4 N–H and O–H groups in total. The molecule has 0 aliphatic heterocycles. The fourth-order valence-corrected chi connectivity index (χ4v) is 3.56. The Balaban J connectivity index is 1.72. The van der Waals surface area contributed by atoms with Gasteiger partial charge in [-0.1, -0.05) is 29.4 Å². The minimum absolute atomic E-state index is 0.0418. The molecule has 0 saturated carbocycles. The normalized spacial score (nSPS) is 13.2. The highest BCUT2D eigenvalue weighted by atomic mass is 19.1. The van der Waals surface area contributed by atoms with Crippen LogP contribution in [0.4, 0.5) is 4.39 Å². The van der Waals surface area contributed by atoms with Crippen LogP contribution in [0.1, 0.15) is 37.7 Å². The first-order valence-corrected chi connectivity index (χ1v) is 12.0. The van der Waals surface area contributed by atoms with Crippen LogP contribution >= 0.6 is 0 Å². The molecule has 12 heteroatoms. The van der Waals surface area contributed by atoms with Gasteiger partial charge in [-0.2, -0.15) is 0 Å². The molecular formula is C27H29FN4O7. The molecule has 3 rings (SSSR count). The molecule has 0 spiro atoms. The number of aliphatic hydroxyl groups excluding tert-OH is 1. The Morgan fingerprint density at radius 2 is 1.92 bits per heavy atom. The van der Waals surface area contributed by atoms with Crippen molar-refractivity contribution in [3.05, 3.63) is 82.5 Å². The number of esters is 1. The molecule has 11 nitrogen and oxygen atoms in total. The van der Waals surface area contributed by atoms with Crippen molar-refractivity contribution in [3.63, 3.8) is 0 Å². The first-order valence-electron chi connectivity index (χ1n) is 12.0. The summed E-state index contributed by atoms with van der Waals surface area (Å²) in [6.45, 7) is 3.19. The van der Waals surface area contributed by atoms with Crippen LogP contribution < -0.4 is 20.7 Å². The molecule has 0 aliphatic rings. The van der Waals surface area contributed by atoms with Crippen molar-refractivity contribution in [2.24, 2.45) is 0 Å². The van der Waals surface area contributed by atoms with E-state index in [0.29, 0.717) is 23.2 Å². The van der Waals surface area contributed by atoms with E-state index >= 15 is 0 Å². The predicted molar refractivity (Wildman–Crippen MR) is 137 cm³/mol. The van der Waals surface area contributed by atoms with Crippen molar-refractivity contribution < 1.29 is 37.9 Å². The number of ether oxygens (including phenoxy) is 1. The average molecular weight is 541 g/mol. The maximum absolute atomic E-state index is 14.2. The number of aldehydes is 2. The monoisotopic (exact) mass is 540 g/mol. The SMILES string of the molecule is Cc1ccc(CNC[C@H](NC[C@H](NC(=O)c2cc(C)on2)[C@@H](O)C=O)C(=O)Oc2cccc(C=O)c2)c(F)c1. The minimum Gasteiger partial charge on any atom is -0.425 e. The number of hydrogen-bond donors (Lipinski definition) is 4. The molecule has 0 saturated heterocycles. The summed E-state index contributed by atoms with van der Waals surface area (Å²) in [4.78, 5) is 47.9. The third-order valence-corrected chi connectivity index (χ3v) is 5.68. The lowest BCUT2D eigenvalue weighted by atomic mass is 10.1. The number of benzene rings is 2. The molecule has 0 bridgehead atoms. The summed E-state index contributed by atoms with van der Waals surface area (Å²) in [6.07, 6.45) is -0.753. The quantitative estimate of drug-likeness (QED) is 0.133. The van der Waals surface area contributed by atoms with Crippen molar-refractivity contribution in [1.29, 1.82) is 0 Å². The summed E-state index contributed by atoms with van der Waals surface area (Å²) < 4.78 is 24.5. The van der Waals surface area contributed by atoms with Gasteiger partial charge in [-0.05, 0) is 37.6 Å². The zero-order valence-corrected chi connectivity index (χ0v) is 21.3. The number of carbonyl (C=O) groups excluding carboxylic acids is 4. The van der Waals surface area contributed by atoms with Crippen molar-refractivity contribution in [2.75, 3.05) is 13.1 Å². The summed E-state index contributed by atoms with van der Waals surface area (Å²) in [5, 5.41) is 22.1. The van der Waals surface area contributed by atoms with Crippen LogP contribution in [0.3, 0.4) is 0 Å². The van der Waals surface area contributed by atoms with E-state index in [-0.39, 0.29) is 37.4 Å². The molecule has 1 heterocycles. The standard InChI is InChI=1S/C27H29FN4O7/c1-16-6-7-19(21(28)8-16)11-29-12-24(27(37)38-20-5-3-4-18(10-20)14-33)30-13-23(25(35)15-34)31-26(36)22-9-17(2)39-32-22/h3-10,14-15,23-25,29-30,35H,11-13H2,1-2H3,(H,31,36)/t23-,24-,25-/m0/s1. The Morgan fingerprint density at radius 3 is 2.59 bits per heavy atom. The fourth-order valence-electron chi connectivity index (χ4n) is 3.56. The van der Waals surface area contributed by atoms with Crippen LogP contribution in [0.25, 0.3) is 0 Å². The van der Waals surface area contributed by atoms with E-state index in [2.05, 4.69) is 21.1 Å². The topological polar surface area (TPSA) is 160 Å². The van der Waals surface area contributed by atoms with E-state index in [1.54, 1.807) is 38.1 Å². The summed E-state index contributed by atoms with van der Waals surface area (Å²) in [5.41, 5.74) is 1.40. The Bertz CT molecular complexity index is 1310. The van der Waals surface area contributed by atoms with Gasteiger partial charge in [0.15, 0.2) is 12.0 Å². The smallest absolute Gasteiger partial charge is 0.329 e. The Morgan fingerprint density at radius 1 is 1.13 bits per heavy atom. The summed E-state index contributed by atoms with van der Waals surface area (Å²) in [5.74, 6) is -1.34. The summed E-state index contributed by atoms with van der Waals surface area (Å²) >= 11 is 0. The van der Waals surface area contributed by atoms with Gasteiger partial charge in [0.1, 0.15) is 35.8 Å². The third kappa shape index (κ3) is 8.64. The third-order valence-electron chi connectivity index (χ3n) is 5.68. The lowest BCUT2D eigenvalue weighted by Gasteiger charge is -2.24. The number of halogens is 1. The van der Waals surface area contributed by atoms with E-state index in [0.717, 1.165) is 5.56 Å². The van der Waals surface area contributed by atoms with Gasteiger partial charge in [0.2, 0.25) is 0 Å². The largest absolute Gasteiger partial charge is 0.425 e. The molecule has 0 radical (unpaired) electrons. The number of amides is 1. The molecule has 39 heavy (non-hydrogen) atoms. The highest BCUT2D eigenvalue weighted by Gasteiger charge is 2.27. The van der Waals surface area contributed by atoms with Crippen LogP contribution in [0.15, 0.2) is 53.1 Å². The van der Waals surface area contributed by atoms with E-state index in [1.165, 1.54) is 24.3 Å². The van der Waals surface area contributed by atoms with Gasteiger partial charge >= 0.3 is 5.97 Å². The molecular weight excluding hydrogens is 511 g/mol. The van der Waals surface area contributed by atoms with E-state index < -0.39 is 35.9 Å². The van der Waals surface area contributed by atoms with Gasteiger partial charge < -0.3 is 35.1 Å². The van der Waals surface area contributed by atoms with E-state index in [9.17, 15) is 28.7 Å². The molecule has 3 aromatic rings. The van der Waals surface area contributed by atoms with E-state index in [1.807, 2.05) is 0 Å². The second kappa shape index (κ2) is 14.0. The Kier molecular flexibility index (Phi) is 10.6. The lowest BCUT2D eigenvalue weighted by molar-refractivity contribution is -0.136. The van der Waals surface area contributed by atoms with Gasteiger partial charge in [-0.3, -0.25) is 9.59 Å². The van der Waals surface area contributed by atoms with Gasteiger partial charge in [0.05, 0.1) is 6.04 Å². The number of aromatic nitrogens is 1. The van der Waals surface area contributed by atoms with E-state index in [4.69, 9.17) is 9.26 Å². The molecule has 3 atom stereocenters. The number of nitrogens with one attached hydrogen (secondary N) is 3. The molecule has 0 fully saturated rings. The van der Waals surface area contributed by atoms with Crippen LogP contribution in [-0.4, -0.2) is 66.0 Å². The molecule has 206 valence electrons. The lowest BCUT2D eigenvalue weighted by Crippen LogP contribution is -2.55. The number of hydrogen-bond acceptors (Lipinski definition) is 10. The number of aliphatic hydroxyl groups is 1. The van der Waals surface area contributed by atoms with Crippen molar-refractivity contribution >= 4 is 24.4 Å². The van der Waals surface area contributed by atoms with Gasteiger partial charge in [0.25, 0.3) is 5.91 Å². The van der Waals surface area contributed by atoms with Crippen molar-refractivity contribution in [2.45, 2.75) is 38.6 Å². The predicted octanol–water partition coefficient (Wildman–Crippen LogP) is 1.25. The van der Waals surface area contributed by atoms with Crippen molar-refractivity contribution in [3.8, 4) is 5.75 Å². The van der Waals surface area contributed by atoms with Gasteiger partial charge in [0, 0.05) is 36.8 Å². The van der Waals surface area contributed by atoms with Crippen LogP contribution in [-0.2, 0) is 16.1 Å². The van der Waals surface area contributed by atoms with Gasteiger partial charge in [-0.25, -0.2) is 9.18 Å². The maximum atomic E-state index is 14.2. The second-order valence-electron chi connectivity index (χ2n) is 8.83. The highest BCUT2D eigenvalue weighted by Crippen LogP contribution is 2.13. The molecule has 1 amide bonds. The average Bonchev–Trinajstić information content (AvgIpc) is 3.36. The first-order chi connectivity index (χ1) is 18.7. The first kappa shape index (κ1) is 29.3. The number of nitrogens with zero attached hydrogens (tertiary/aromatic N) is 1. The summed E-state index contributed by atoms with van der Waals surface area (Å²) in [7, 11) is 0. The molecule has 1 aromatic heterocycles. The maximum Gasteiger partial charge on any atom is 0.329 e. The molecule has 0 aliphatic carbocycles. The molecule has 2 aromatic carbocycles. The van der Waals surface area contributed by atoms with Crippen LogP contribution in [0, 0.1) is 19.7 Å². The Hall–Kier alpha value is -4.26. The van der Waals surface area contributed by atoms with Crippen LogP contribution in [0.2, 0.25) is 0 Å². The Labute approximate surface area is 223 Å². The molecule has 0 unspecified atom stereocenters.